The predicted molar refractivity (Wildman–Crippen MR) is 118 cm³/mol. The zero-order valence-electron chi connectivity index (χ0n) is 16.9. The van der Waals surface area contributed by atoms with Crippen LogP contribution < -0.4 is 5.32 Å². The Hall–Kier alpha value is -3.25. The van der Waals surface area contributed by atoms with E-state index >= 15 is 0 Å². The SMILES string of the molecule is N#Cc1ccc(CN2CCN(CC(=O)Nc3cc(Cl)ccc3-n3cncn3)CC2)cc1. The Bertz CT molecular complexity index is 1070. The van der Waals surface area contributed by atoms with Crippen molar-refractivity contribution >= 4 is 23.2 Å². The molecular formula is C22H22ClN7O. The van der Waals surface area contributed by atoms with Crippen LogP contribution in [-0.4, -0.2) is 63.2 Å². The van der Waals surface area contributed by atoms with Crippen molar-refractivity contribution in [1.82, 2.24) is 24.6 Å². The molecule has 4 rings (SSSR count). The molecule has 1 fully saturated rings. The van der Waals surface area contributed by atoms with Crippen molar-refractivity contribution in [3.8, 4) is 11.8 Å². The van der Waals surface area contributed by atoms with E-state index in [0.717, 1.165) is 32.7 Å². The summed E-state index contributed by atoms with van der Waals surface area (Å²) in [4.78, 5) is 21.1. The van der Waals surface area contributed by atoms with Crippen LogP contribution in [0.25, 0.3) is 5.69 Å². The second kappa shape index (κ2) is 9.71. The average molecular weight is 436 g/mol. The normalized spacial score (nSPS) is 14.8. The maximum atomic E-state index is 12.7. The van der Waals surface area contributed by atoms with Crippen molar-refractivity contribution < 1.29 is 4.79 Å². The van der Waals surface area contributed by atoms with E-state index in [0.29, 0.717) is 28.5 Å². The summed E-state index contributed by atoms with van der Waals surface area (Å²) in [6, 6.07) is 15.1. The van der Waals surface area contributed by atoms with Gasteiger partial charge in [-0.1, -0.05) is 23.7 Å². The third-order valence-corrected chi connectivity index (χ3v) is 5.45. The minimum Gasteiger partial charge on any atom is -0.323 e. The molecule has 0 aliphatic carbocycles. The Kier molecular flexibility index (Phi) is 6.57. The fraction of sp³-hybridized carbons (Fsp3) is 0.273. The molecule has 3 aromatic rings. The van der Waals surface area contributed by atoms with E-state index < -0.39 is 0 Å². The van der Waals surface area contributed by atoms with Crippen LogP contribution in [0.5, 0.6) is 0 Å². The molecular weight excluding hydrogens is 414 g/mol. The summed E-state index contributed by atoms with van der Waals surface area (Å²) >= 11 is 6.12. The summed E-state index contributed by atoms with van der Waals surface area (Å²) in [7, 11) is 0. The first-order valence-electron chi connectivity index (χ1n) is 9.99. The number of rotatable bonds is 6. The number of benzene rings is 2. The number of hydrogen-bond donors (Lipinski definition) is 1. The van der Waals surface area contributed by atoms with Crippen LogP contribution >= 0.6 is 11.6 Å². The van der Waals surface area contributed by atoms with E-state index in [1.165, 1.54) is 11.9 Å². The van der Waals surface area contributed by atoms with E-state index in [1.807, 2.05) is 24.3 Å². The fourth-order valence-corrected chi connectivity index (χ4v) is 3.75. The van der Waals surface area contributed by atoms with E-state index in [9.17, 15) is 4.79 Å². The summed E-state index contributed by atoms with van der Waals surface area (Å²) in [6.07, 6.45) is 3.02. The standard InChI is InChI=1S/C22H22ClN7O/c23-19-5-6-21(30-16-25-15-26-30)20(11-19)27-22(31)14-29-9-7-28(8-10-29)13-18-3-1-17(12-24)2-4-18/h1-6,11,15-16H,7-10,13-14H2,(H,27,31). The molecule has 0 atom stereocenters. The number of amides is 1. The van der Waals surface area contributed by atoms with E-state index in [-0.39, 0.29) is 5.91 Å². The number of nitrogens with zero attached hydrogens (tertiary/aromatic N) is 6. The molecule has 0 saturated carbocycles. The number of anilines is 1. The summed E-state index contributed by atoms with van der Waals surface area (Å²) in [5.41, 5.74) is 3.17. The molecule has 2 heterocycles. The highest BCUT2D eigenvalue weighted by Gasteiger charge is 2.20. The zero-order chi connectivity index (χ0) is 21.6. The van der Waals surface area contributed by atoms with Crippen molar-refractivity contribution in [3.63, 3.8) is 0 Å². The quantitative estimate of drug-likeness (QED) is 0.640. The Morgan fingerprint density at radius 1 is 1.10 bits per heavy atom. The number of nitriles is 1. The van der Waals surface area contributed by atoms with E-state index in [2.05, 4.69) is 31.3 Å². The van der Waals surface area contributed by atoms with Crippen LogP contribution in [0, 0.1) is 11.3 Å². The molecule has 31 heavy (non-hydrogen) atoms. The predicted octanol–water partition coefficient (Wildman–Crippen LogP) is 2.55. The van der Waals surface area contributed by atoms with Gasteiger partial charge in [0, 0.05) is 37.7 Å². The van der Waals surface area contributed by atoms with Crippen molar-refractivity contribution in [1.29, 1.82) is 5.26 Å². The second-order valence-electron chi connectivity index (χ2n) is 7.41. The molecule has 0 radical (unpaired) electrons. The Morgan fingerprint density at radius 2 is 1.84 bits per heavy atom. The minimum absolute atomic E-state index is 0.0934. The topological polar surface area (TPSA) is 90.1 Å². The molecule has 0 bridgehead atoms. The van der Waals surface area contributed by atoms with Crippen molar-refractivity contribution in [2.45, 2.75) is 6.54 Å². The van der Waals surface area contributed by atoms with Gasteiger partial charge < -0.3 is 5.32 Å². The van der Waals surface area contributed by atoms with Gasteiger partial charge in [-0.05, 0) is 35.9 Å². The molecule has 1 N–H and O–H groups in total. The second-order valence-corrected chi connectivity index (χ2v) is 7.85. The molecule has 1 amide bonds. The van der Waals surface area contributed by atoms with Crippen LogP contribution in [0.1, 0.15) is 11.1 Å². The molecule has 9 heteroatoms. The van der Waals surface area contributed by atoms with Gasteiger partial charge in [0.05, 0.1) is 29.6 Å². The lowest BCUT2D eigenvalue weighted by Crippen LogP contribution is -2.48. The van der Waals surface area contributed by atoms with Gasteiger partial charge in [0.2, 0.25) is 5.91 Å². The molecule has 1 saturated heterocycles. The third kappa shape index (κ3) is 5.47. The molecule has 1 aliphatic rings. The van der Waals surface area contributed by atoms with Gasteiger partial charge in [-0.3, -0.25) is 14.6 Å². The van der Waals surface area contributed by atoms with E-state index in [1.54, 1.807) is 29.2 Å². The zero-order valence-corrected chi connectivity index (χ0v) is 17.7. The third-order valence-electron chi connectivity index (χ3n) is 5.22. The number of carbonyl (C=O) groups is 1. The fourth-order valence-electron chi connectivity index (χ4n) is 3.58. The van der Waals surface area contributed by atoms with Crippen molar-refractivity contribution in [3.05, 3.63) is 71.3 Å². The van der Waals surface area contributed by atoms with Gasteiger partial charge in [0.1, 0.15) is 12.7 Å². The number of piperazine rings is 1. The van der Waals surface area contributed by atoms with Crippen LogP contribution in [-0.2, 0) is 11.3 Å². The molecule has 8 nitrogen and oxygen atoms in total. The first-order valence-corrected chi connectivity index (χ1v) is 10.4. The smallest absolute Gasteiger partial charge is 0.238 e. The minimum atomic E-state index is -0.0934. The van der Waals surface area contributed by atoms with Crippen molar-refractivity contribution in [2.75, 3.05) is 38.0 Å². The lowest BCUT2D eigenvalue weighted by atomic mass is 10.1. The molecule has 0 unspecified atom stereocenters. The molecule has 0 spiro atoms. The number of hydrogen-bond acceptors (Lipinski definition) is 6. The molecule has 1 aromatic heterocycles. The summed E-state index contributed by atoms with van der Waals surface area (Å²) in [6.45, 7) is 4.55. The monoisotopic (exact) mass is 435 g/mol. The van der Waals surface area contributed by atoms with Gasteiger partial charge in [-0.15, -0.1) is 0 Å². The Labute approximate surface area is 185 Å². The lowest BCUT2D eigenvalue weighted by Gasteiger charge is -2.34. The van der Waals surface area contributed by atoms with Crippen LogP contribution in [0.4, 0.5) is 5.69 Å². The van der Waals surface area contributed by atoms with Gasteiger partial charge in [-0.25, -0.2) is 9.67 Å². The van der Waals surface area contributed by atoms with Gasteiger partial charge in [0.15, 0.2) is 0 Å². The number of halogens is 1. The molecule has 158 valence electrons. The maximum Gasteiger partial charge on any atom is 0.238 e. The van der Waals surface area contributed by atoms with Gasteiger partial charge in [0.25, 0.3) is 0 Å². The van der Waals surface area contributed by atoms with Gasteiger partial charge in [-0.2, -0.15) is 10.4 Å². The number of nitrogens with one attached hydrogen (secondary N) is 1. The van der Waals surface area contributed by atoms with Crippen LogP contribution in [0.2, 0.25) is 5.02 Å². The lowest BCUT2D eigenvalue weighted by molar-refractivity contribution is -0.117. The van der Waals surface area contributed by atoms with Crippen LogP contribution in [0.3, 0.4) is 0 Å². The summed E-state index contributed by atoms with van der Waals surface area (Å²) < 4.78 is 1.59. The first-order chi connectivity index (χ1) is 15.1. The van der Waals surface area contributed by atoms with Crippen LogP contribution in [0.15, 0.2) is 55.1 Å². The number of aromatic nitrogens is 3. The first kappa shape index (κ1) is 21.0. The highest BCUT2D eigenvalue weighted by Crippen LogP contribution is 2.24. The highest BCUT2D eigenvalue weighted by atomic mass is 35.5. The maximum absolute atomic E-state index is 12.7. The average Bonchev–Trinajstić information content (AvgIpc) is 3.30. The molecule has 1 aliphatic heterocycles. The number of carbonyl (C=O) groups excluding carboxylic acids is 1. The molecule has 2 aromatic carbocycles. The van der Waals surface area contributed by atoms with Crippen molar-refractivity contribution in [2.24, 2.45) is 0 Å². The highest BCUT2D eigenvalue weighted by molar-refractivity contribution is 6.31. The summed E-state index contributed by atoms with van der Waals surface area (Å²) in [5, 5.41) is 16.5. The van der Waals surface area contributed by atoms with E-state index in [4.69, 9.17) is 16.9 Å². The Balaban J connectivity index is 1.30. The Morgan fingerprint density at radius 3 is 2.52 bits per heavy atom. The summed E-state index contributed by atoms with van der Waals surface area (Å²) in [5.74, 6) is -0.0934. The van der Waals surface area contributed by atoms with Gasteiger partial charge >= 0.3 is 0 Å². The largest absolute Gasteiger partial charge is 0.323 e.